The predicted octanol–water partition coefficient (Wildman–Crippen LogP) is 3.82. The van der Waals surface area contributed by atoms with Crippen LogP contribution < -0.4 is 5.32 Å². The van der Waals surface area contributed by atoms with Gasteiger partial charge in [0, 0.05) is 0 Å². The number of rotatable bonds is 2. The summed E-state index contributed by atoms with van der Waals surface area (Å²) >= 11 is 5.24. The molecule has 0 unspecified atom stereocenters. The van der Waals surface area contributed by atoms with Crippen molar-refractivity contribution in [2.75, 3.05) is 11.6 Å². The summed E-state index contributed by atoms with van der Waals surface area (Å²) in [6.07, 6.45) is 1.48. The van der Waals surface area contributed by atoms with Gasteiger partial charge in [-0.3, -0.25) is 5.32 Å². The summed E-state index contributed by atoms with van der Waals surface area (Å²) in [4.78, 5) is 15.8. The van der Waals surface area contributed by atoms with Gasteiger partial charge < -0.3 is 4.74 Å². The average Bonchev–Trinajstić information content (AvgIpc) is 2.44. The summed E-state index contributed by atoms with van der Waals surface area (Å²) in [6, 6.07) is 0. The molecule has 0 aliphatic heterocycles. The van der Waals surface area contributed by atoms with Crippen LogP contribution >= 0.6 is 45.7 Å². The second-order valence-electron chi connectivity index (χ2n) is 3.93. The molecule has 16 heavy (non-hydrogen) atoms. The first-order chi connectivity index (χ1) is 7.31. The number of aromatic nitrogens is 1. The van der Waals surface area contributed by atoms with Crippen molar-refractivity contribution in [1.29, 1.82) is 0 Å². The number of thiazole rings is 1. The van der Waals surface area contributed by atoms with Gasteiger partial charge in [-0.25, -0.2) is 9.78 Å². The molecule has 0 spiro atoms. The molecule has 0 bridgehead atoms. The van der Waals surface area contributed by atoms with Crippen LogP contribution in [0.15, 0.2) is 4.34 Å². The molecule has 1 aromatic rings. The van der Waals surface area contributed by atoms with Gasteiger partial charge in [-0.1, -0.05) is 23.1 Å². The summed E-state index contributed by atoms with van der Waals surface area (Å²) in [5.41, 5.74) is -0.492. The van der Waals surface area contributed by atoms with Crippen molar-refractivity contribution in [3.63, 3.8) is 0 Å². The molecule has 90 valence electrons. The molecule has 1 heterocycles. The number of nitrogens with one attached hydrogen (secondary N) is 1. The van der Waals surface area contributed by atoms with E-state index in [2.05, 4.69) is 32.9 Å². The molecular weight excluding hydrogens is 359 g/mol. The number of amides is 1. The van der Waals surface area contributed by atoms with Gasteiger partial charge in [0.15, 0.2) is 10.2 Å². The number of carbonyl (C=O) groups excluding carboxylic acids is 1. The maximum absolute atomic E-state index is 11.5. The van der Waals surface area contributed by atoms with Crippen molar-refractivity contribution in [3.8, 4) is 0 Å². The summed E-state index contributed by atoms with van der Waals surface area (Å²) in [5, 5.41) is 2.64. The lowest BCUT2D eigenvalue weighted by atomic mass is 10.2. The normalized spacial score (nSPS) is 11.3. The molecule has 0 saturated carbocycles. The maximum atomic E-state index is 11.5. The minimum Gasteiger partial charge on any atom is -0.444 e. The van der Waals surface area contributed by atoms with E-state index in [1.165, 1.54) is 0 Å². The monoisotopic (exact) mass is 372 g/mol. The second kappa shape index (κ2) is 5.54. The van der Waals surface area contributed by atoms with Crippen LogP contribution in [0.2, 0.25) is 0 Å². The quantitative estimate of drug-likeness (QED) is 0.634. The summed E-state index contributed by atoms with van der Waals surface area (Å²) in [5.74, 6) is 0.573. The number of carbonyl (C=O) groups is 1. The third-order valence-corrected chi connectivity index (χ3v) is 4.36. The van der Waals surface area contributed by atoms with Crippen molar-refractivity contribution in [1.82, 2.24) is 4.98 Å². The standard InChI is InChI=1S/C9H13IN2O2S2/c1-9(2,3)14-7(13)11-6-5(10)16-8(12-6)15-4/h1-4H3,(H,11,13). The number of hydrogen-bond donors (Lipinski definition) is 1. The van der Waals surface area contributed by atoms with Crippen molar-refractivity contribution < 1.29 is 9.53 Å². The Labute approximate surface area is 117 Å². The van der Waals surface area contributed by atoms with E-state index in [1.54, 1.807) is 23.1 Å². The molecule has 1 rings (SSSR count). The Morgan fingerprint density at radius 2 is 2.19 bits per heavy atom. The molecular formula is C9H13IN2O2S2. The highest BCUT2D eigenvalue weighted by Gasteiger charge is 2.18. The number of halogens is 1. The Balaban J connectivity index is 2.66. The van der Waals surface area contributed by atoms with Crippen molar-refractivity contribution in [3.05, 3.63) is 2.88 Å². The van der Waals surface area contributed by atoms with Crippen LogP contribution in [-0.2, 0) is 4.74 Å². The van der Waals surface area contributed by atoms with E-state index in [-0.39, 0.29) is 0 Å². The summed E-state index contributed by atoms with van der Waals surface area (Å²) in [7, 11) is 0. The predicted molar refractivity (Wildman–Crippen MR) is 76.5 cm³/mol. The zero-order chi connectivity index (χ0) is 12.3. The van der Waals surface area contributed by atoms with Crippen molar-refractivity contribution in [2.24, 2.45) is 0 Å². The first-order valence-corrected chi connectivity index (χ1v) is 7.64. The maximum Gasteiger partial charge on any atom is 0.413 e. The molecule has 0 radical (unpaired) electrons. The van der Waals surface area contributed by atoms with Gasteiger partial charge >= 0.3 is 6.09 Å². The van der Waals surface area contributed by atoms with Crippen LogP contribution in [0.3, 0.4) is 0 Å². The molecule has 0 aliphatic carbocycles. The van der Waals surface area contributed by atoms with Crippen molar-refractivity contribution >= 4 is 57.6 Å². The molecule has 1 aromatic heterocycles. The highest BCUT2D eigenvalue weighted by molar-refractivity contribution is 14.1. The number of anilines is 1. The molecule has 0 saturated heterocycles. The largest absolute Gasteiger partial charge is 0.444 e. The Morgan fingerprint density at radius 1 is 1.56 bits per heavy atom. The van der Waals surface area contributed by atoms with Gasteiger partial charge in [0.05, 0.1) is 0 Å². The zero-order valence-corrected chi connectivity index (χ0v) is 13.2. The highest BCUT2D eigenvalue weighted by Crippen LogP contribution is 2.30. The molecule has 0 aliphatic rings. The van der Waals surface area contributed by atoms with Crippen LogP contribution in [0, 0.1) is 2.88 Å². The fraction of sp³-hybridized carbons (Fsp3) is 0.556. The van der Waals surface area contributed by atoms with Gasteiger partial charge in [0.2, 0.25) is 0 Å². The molecule has 0 atom stereocenters. The molecule has 0 fully saturated rings. The van der Waals surface area contributed by atoms with Crippen molar-refractivity contribution in [2.45, 2.75) is 30.7 Å². The summed E-state index contributed by atoms with van der Waals surface area (Å²) in [6.45, 7) is 5.48. The van der Waals surface area contributed by atoms with E-state index in [0.717, 1.165) is 7.22 Å². The third kappa shape index (κ3) is 4.46. The second-order valence-corrected chi connectivity index (χ2v) is 7.80. The number of thioether (sulfide) groups is 1. The van der Waals surface area contributed by atoms with Crippen LogP contribution in [0.1, 0.15) is 20.8 Å². The van der Waals surface area contributed by atoms with E-state index < -0.39 is 11.7 Å². The van der Waals surface area contributed by atoms with Crippen LogP contribution in [0.5, 0.6) is 0 Å². The van der Waals surface area contributed by atoms with Crippen LogP contribution in [0.25, 0.3) is 0 Å². The summed E-state index contributed by atoms with van der Waals surface area (Å²) < 4.78 is 7.02. The van der Waals surface area contributed by atoms with Gasteiger partial charge in [-0.2, -0.15) is 0 Å². The SMILES string of the molecule is CSc1nc(NC(=O)OC(C)(C)C)c(I)s1. The lowest BCUT2D eigenvalue weighted by Crippen LogP contribution is -2.27. The highest BCUT2D eigenvalue weighted by atomic mass is 127. The van der Waals surface area contributed by atoms with E-state index in [4.69, 9.17) is 4.74 Å². The molecule has 4 nitrogen and oxygen atoms in total. The zero-order valence-electron chi connectivity index (χ0n) is 9.46. The smallest absolute Gasteiger partial charge is 0.413 e. The van der Waals surface area contributed by atoms with Gasteiger partial charge in [-0.05, 0) is 49.6 Å². The molecule has 0 aromatic carbocycles. The number of hydrogen-bond acceptors (Lipinski definition) is 5. The van der Waals surface area contributed by atoms with E-state index >= 15 is 0 Å². The third-order valence-electron chi connectivity index (χ3n) is 1.36. The Morgan fingerprint density at radius 3 is 2.62 bits per heavy atom. The van der Waals surface area contributed by atoms with Gasteiger partial charge in [-0.15, -0.1) is 0 Å². The first kappa shape index (κ1) is 14.0. The van der Waals surface area contributed by atoms with Crippen LogP contribution in [0.4, 0.5) is 10.6 Å². The fourth-order valence-electron chi connectivity index (χ4n) is 0.848. The van der Waals surface area contributed by atoms with Gasteiger partial charge in [0.25, 0.3) is 0 Å². The van der Waals surface area contributed by atoms with Crippen LogP contribution in [-0.4, -0.2) is 22.9 Å². The van der Waals surface area contributed by atoms with E-state index in [0.29, 0.717) is 5.82 Å². The fourth-order valence-corrected chi connectivity index (χ4v) is 3.43. The lowest BCUT2D eigenvalue weighted by Gasteiger charge is -2.19. The first-order valence-electron chi connectivity index (χ1n) is 4.52. The Hall–Kier alpha value is -0.0200. The molecule has 1 amide bonds. The Kier molecular flexibility index (Phi) is 4.87. The topological polar surface area (TPSA) is 51.2 Å². The molecule has 7 heteroatoms. The average molecular weight is 372 g/mol. The minimum atomic E-state index is -0.492. The number of nitrogens with zero attached hydrogens (tertiary/aromatic N) is 1. The van der Waals surface area contributed by atoms with E-state index in [9.17, 15) is 4.79 Å². The lowest BCUT2D eigenvalue weighted by molar-refractivity contribution is 0.0635. The number of ether oxygens (including phenoxy) is 1. The molecule has 1 N–H and O–H groups in total. The van der Waals surface area contributed by atoms with E-state index in [1.807, 2.05) is 27.0 Å². The minimum absolute atomic E-state index is 0.469. The van der Waals surface area contributed by atoms with Gasteiger partial charge in [0.1, 0.15) is 8.48 Å². The Bertz CT molecular complexity index is 387.